The molecule has 0 amide bonds. The minimum absolute atomic E-state index is 0.554. The standard InChI is InChI=1S/C12H10N2S2/c1-7-2-3-10-9(4-7)11-8(6-16-10)5-13-12(15)14-11/h2-5H,6H2,1H3,(H,13,14,15). The smallest absolute Gasteiger partial charge is 0.197 e. The van der Waals surface area contributed by atoms with Crippen molar-refractivity contribution in [3.05, 3.63) is 40.3 Å². The third kappa shape index (κ3) is 1.58. The Bertz CT molecular complexity index is 617. The average molecular weight is 246 g/mol. The summed E-state index contributed by atoms with van der Waals surface area (Å²) >= 11 is 6.94. The average Bonchev–Trinajstić information content (AvgIpc) is 2.29. The normalized spacial score (nSPS) is 13.1. The monoisotopic (exact) mass is 246 g/mol. The molecule has 1 N–H and O–H groups in total. The number of rotatable bonds is 0. The molecule has 2 aromatic rings. The molecule has 80 valence electrons. The van der Waals surface area contributed by atoms with E-state index in [1.54, 1.807) is 0 Å². The van der Waals surface area contributed by atoms with Crippen LogP contribution in [0, 0.1) is 11.7 Å². The van der Waals surface area contributed by atoms with Crippen LogP contribution in [0.5, 0.6) is 0 Å². The Kier molecular flexibility index (Phi) is 2.33. The predicted octanol–water partition coefficient (Wildman–Crippen LogP) is 3.72. The molecule has 0 fully saturated rings. The second-order valence-electron chi connectivity index (χ2n) is 3.88. The molecule has 16 heavy (non-hydrogen) atoms. The van der Waals surface area contributed by atoms with Crippen LogP contribution in [0.3, 0.4) is 0 Å². The quantitative estimate of drug-likeness (QED) is 0.718. The van der Waals surface area contributed by atoms with E-state index in [-0.39, 0.29) is 0 Å². The number of aromatic amines is 1. The molecule has 3 rings (SSSR count). The molecule has 2 nitrogen and oxygen atoms in total. The second-order valence-corrected chi connectivity index (χ2v) is 5.28. The van der Waals surface area contributed by atoms with Crippen LogP contribution < -0.4 is 0 Å². The van der Waals surface area contributed by atoms with Crippen LogP contribution in [0.4, 0.5) is 0 Å². The van der Waals surface area contributed by atoms with Crippen molar-refractivity contribution in [2.24, 2.45) is 0 Å². The molecule has 1 aromatic carbocycles. The SMILES string of the molecule is Cc1ccc2c(c1)-c1[nH]c(=S)ncc1CS2. The molecule has 0 spiro atoms. The Morgan fingerprint density at radius 1 is 1.44 bits per heavy atom. The summed E-state index contributed by atoms with van der Waals surface area (Å²) in [6.45, 7) is 2.11. The number of nitrogens with one attached hydrogen (secondary N) is 1. The number of fused-ring (bicyclic) bond motifs is 3. The first-order chi connectivity index (χ1) is 7.74. The molecular weight excluding hydrogens is 236 g/mol. The van der Waals surface area contributed by atoms with Crippen molar-refractivity contribution in [2.75, 3.05) is 0 Å². The third-order valence-electron chi connectivity index (χ3n) is 2.68. The topological polar surface area (TPSA) is 28.7 Å². The largest absolute Gasteiger partial charge is 0.330 e. The first-order valence-corrected chi connectivity index (χ1v) is 6.45. The van der Waals surface area contributed by atoms with Crippen LogP contribution in [0.15, 0.2) is 29.3 Å². The van der Waals surface area contributed by atoms with Crippen LogP contribution in [0.1, 0.15) is 11.1 Å². The van der Waals surface area contributed by atoms with Crippen molar-refractivity contribution in [1.29, 1.82) is 0 Å². The highest BCUT2D eigenvalue weighted by Crippen LogP contribution is 2.40. The molecule has 0 saturated heterocycles. The lowest BCUT2D eigenvalue weighted by atomic mass is 10.1. The molecular formula is C12H10N2S2. The highest BCUT2D eigenvalue weighted by molar-refractivity contribution is 7.98. The number of hydrogen-bond acceptors (Lipinski definition) is 3. The van der Waals surface area contributed by atoms with E-state index in [0.29, 0.717) is 4.77 Å². The zero-order chi connectivity index (χ0) is 11.1. The van der Waals surface area contributed by atoms with Gasteiger partial charge in [-0.15, -0.1) is 11.8 Å². The Hall–Kier alpha value is -1.13. The van der Waals surface area contributed by atoms with Crippen molar-refractivity contribution in [1.82, 2.24) is 9.97 Å². The fourth-order valence-electron chi connectivity index (χ4n) is 1.89. The van der Waals surface area contributed by atoms with Gasteiger partial charge in [-0.3, -0.25) is 0 Å². The summed E-state index contributed by atoms with van der Waals surface area (Å²) in [7, 11) is 0. The van der Waals surface area contributed by atoms with Gasteiger partial charge < -0.3 is 4.98 Å². The minimum atomic E-state index is 0.554. The number of aryl methyl sites for hydroxylation is 1. The maximum absolute atomic E-state index is 5.09. The first-order valence-electron chi connectivity index (χ1n) is 5.06. The number of H-pyrrole nitrogens is 1. The molecule has 0 atom stereocenters. The number of benzene rings is 1. The van der Waals surface area contributed by atoms with Gasteiger partial charge in [-0.1, -0.05) is 11.6 Å². The van der Waals surface area contributed by atoms with E-state index in [4.69, 9.17) is 12.2 Å². The molecule has 1 aromatic heterocycles. The van der Waals surface area contributed by atoms with E-state index >= 15 is 0 Å². The van der Waals surface area contributed by atoms with Crippen molar-refractivity contribution >= 4 is 24.0 Å². The van der Waals surface area contributed by atoms with Gasteiger partial charge in [0.25, 0.3) is 0 Å². The van der Waals surface area contributed by atoms with E-state index in [1.807, 2.05) is 18.0 Å². The van der Waals surface area contributed by atoms with E-state index < -0.39 is 0 Å². The summed E-state index contributed by atoms with van der Waals surface area (Å²) in [4.78, 5) is 8.65. The number of aromatic nitrogens is 2. The molecule has 0 unspecified atom stereocenters. The Morgan fingerprint density at radius 2 is 2.31 bits per heavy atom. The second kappa shape index (κ2) is 3.71. The van der Waals surface area contributed by atoms with E-state index in [1.165, 1.54) is 21.6 Å². The summed E-state index contributed by atoms with van der Waals surface area (Å²) in [5.41, 5.74) is 4.89. The van der Waals surface area contributed by atoms with Crippen LogP contribution in [0.2, 0.25) is 0 Å². The molecule has 0 saturated carbocycles. The van der Waals surface area contributed by atoms with E-state index in [9.17, 15) is 0 Å². The van der Waals surface area contributed by atoms with Crippen LogP contribution in [-0.4, -0.2) is 9.97 Å². The van der Waals surface area contributed by atoms with Crippen molar-refractivity contribution in [3.63, 3.8) is 0 Å². The van der Waals surface area contributed by atoms with Gasteiger partial charge in [0.2, 0.25) is 0 Å². The lowest BCUT2D eigenvalue weighted by Crippen LogP contribution is -2.00. The van der Waals surface area contributed by atoms with Gasteiger partial charge >= 0.3 is 0 Å². The van der Waals surface area contributed by atoms with Crippen molar-refractivity contribution < 1.29 is 0 Å². The van der Waals surface area contributed by atoms with Gasteiger partial charge in [-0.25, -0.2) is 4.98 Å². The summed E-state index contributed by atoms with van der Waals surface area (Å²) in [6, 6.07) is 6.52. The zero-order valence-corrected chi connectivity index (χ0v) is 10.4. The van der Waals surface area contributed by atoms with E-state index in [0.717, 1.165) is 11.4 Å². The van der Waals surface area contributed by atoms with Gasteiger partial charge in [-0.2, -0.15) is 0 Å². The van der Waals surface area contributed by atoms with Crippen LogP contribution in [0.25, 0.3) is 11.3 Å². The van der Waals surface area contributed by atoms with Crippen molar-refractivity contribution in [3.8, 4) is 11.3 Å². The van der Waals surface area contributed by atoms with Gasteiger partial charge in [0.15, 0.2) is 4.77 Å². The molecule has 0 bridgehead atoms. The van der Waals surface area contributed by atoms with Gasteiger partial charge in [0, 0.05) is 28.0 Å². The predicted molar refractivity (Wildman–Crippen MR) is 69.2 cm³/mol. The maximum atomic E-state index is 5.09. The summed E-state index contributed by atoms with van der Waals surface area (Å²) in [5.74, 6) is 0.963. The first kappa shape index (κ1) is 10.1. The molecule has 2 heterocycles. The molecule has 1 aliphatic rings. The Balaban J connectivity index is 2.32. The van der Waals surface area contributed by atoms with Gasteiger partial charge in [0.1, 0.15) is 0 Å². The number of hydrogen-bond donors (Lipinski definition) is 1. The summed E-state index contributed by atoms with van der Waals surface area (Å²) in [6.07, 6.45) is 1.88. The Labute approximate surface area is 103 Å². The van der Waals surface area contributed by atoms with Crippen LogP contribution >= 0.6 is 24.0 Å². The van der Waals surface area contributed by atoms with Gasteiger partial charge in [0.05, 0.1) is 5.69 Å². The molecule has 0 aliphatic carbocycles. The summed E-state index contributed by atoms with van der Waals surface area (Å²) < 4.78 is 0.554. The molecule has 4 heteroatoms. The van der Waals surface area contributed by atoms with Crippen LogP contribution in [-0.2, 0) is 5.75 Å². The number of thioether (sulfide) groups is 1. The highest BCUT2D eigenvalue weighted by atomic mass is 32.2. The lowest BCUT2D eigenvalue weighted by molar-refractivity contribution is 1.08. The van der Waals surface area contributed by atoms with Crippen molar-refractivity contribution in [2.45, 2.75) is 17.6 Å². The summed E-state index contributed by atoms with van der Waals surface area (Å²) in [5, 5.41) is 0. The minimum Gasteiger partial charge on any atom is -0.330 e. The van der Waals surface area contributed by atoms with E-state index in [2.05, 4.69) is 35.1 Å². The third-order valence-corrected chi connectivity index (χ3v) is 4.01. The zero-order valence-electron chi connectivity index (χ0n) is 8.78. The molecule has 1 aliphatic heterocycles. The fourth-order valence-corrected chi connectivity index (χ4v) is 3.06. The van der Waals surface area contributed by atoms with Gasteiger partial charge in [-0.05, 0) is 31.3 Å². The highest BCUT2D eigenvalue weighted by Gasteiger charge is 2.17. The Morgan fingerprint density at radius 3 is 3.19 bits per heavy atom. The number of nitrogens with zero attached hydrogens (tertiary/aromatic N) is 1. The fraction of sp³-hybridized carbons (Fsp3) is 0.167. The lowest BCUT2D eigenvalue weighted by Gasteiger charge is -2.18. The maximum Gasteiger partial charge on any atom is 0.197 e. The molecule has 0 radical (unpaired) electrons.